The van der Waals surface area contributed by atoms with Gasteiger partial charge in [-0.1, -0.05) is 12.1 Å². The molecule has 0 bridgehead atoms. The molecule has 0 radical (unpaired) electrons. The van der Waals surface area contributed by atoms with Gasteiger partial charge in [0.25, 0.3) is 5.69 Å². The Hall–Kier alpha value is -2.50. The van der Waals surface area contributed by atoms with Gasteiger partial charge in [0.1, 0.15) is 5.75 Å². The van der Waals surface area contributed by atoms with Crippen molar-refractivity contribution in [2.45, 2.75) is 0 Å². The van der Waals surface area contributed by atoms with Gasteiger partial charge >= 0.3 is 0 Å². The number of hydrogen-bond donors (Lipinski definition) is 0. The molecule has 0 amide bonds. The van der Waals surface area contributed by atoms with E-state index in [-0.39, 0.29) is 17.3 Å². The molecule has 6 heteroatoms. The third kappa shape index (κ3) is 2.75. The molecule has 0 saturated carbocycles. The third-order valence-electron chi connectivity index (χ3n) is 1.94. The number of ether oxygens (including phenoxy) is 1. The number of pyridine rings is 1. The number of rotatable bonds is 3. The molecule has 2 aromatic rings. The molecule has 1 aromatic heterocycles. The summed E-state index contributed by atoms with van der Waals surface area (Å²) in [6.45, 7) is 0. The zero-order chi connectivity index (χ0) is 12.3. The number of benzene rings is 1. The van der Waals surface area contributed by atoms with Gasteiger partial charge in [0.15, 0.2) is 0 Å². The molecular weight excluding hydrogens is 227 g/mol. The first-order valence-corrected chi connectivity index (χ1v) is 4.70. The second-order valence-electron chi connectivity index (χ2n) is 3.16. The van der Waals surface area contributed by atoms with Gasteiger partial charge in [-0.05, 0) is 12.1 Å². The lowest BCUT2D eigenvalue weighted by Gasteiger charge is -2.03. The maximum atomic E-state index is 12.8. The zero-order valence-electron chi connectivity index (χ0n) is 8.54. The summed E-state index contributed by atoms with van der Waals surface area (Å²) < 4.78 is 18.0. The molecule has 1 heterocycles. The highest BCUT2D eigenvalue weighted by atomic mass is 19.1. The van der Waals surface area contributed by atoms with E-state index in [2.05, 4.69) is 4.98 Å². The Kier molecular flexibility index (Phi) is 2.95. The average Bonchev–Trinajstić information content (AvgIpc) is 2.29. The molecule has 0 N–H and O–H groups in total. The maximum Gasteiger partial charge on any atom is 0.273 e. The molecule has 0 aliphatic heterocycles. The number of hydrogen-bond acceptors (Lipinski definition) is 4. The molecule has 0 fully saturated rings. The van der Waals surface area contributed by atoms with Gasteiger partial charge < -0.3 is 4.74 Å². The molecule has 0 aliphatic carbocycles. The van der Waals surface area contributed by atoms with Crippen LogP contribution in [-0.2, 0) is 0 Å². The van der Waals surface area contributed by atoms with Crippen molar-refractivity contribution in [3.8, 4) is 11.6 Å². The van der Waals surface area contributed by atoms with Gasteiger partial charge in [-0.3, -0.25) is 10.1 Å². The second kappa shape index (κ2) is 4.56. The smallest absolute Gasteiger partial charge is 0.273 e. The molecule has 0 aliphatic rings. The Bertz CT molecular complexity index is 560. The predicted molar refractivity (Wildman–Crippen MR) is 57.4 cm³/mol. The van der Waals surface area contributed by atoms with Crippen LogP contribution in [0.5, 0.6) is 11.6 Å². The summed E-state index contributed by atoms with van der Waals surface area (Å²) >= 11 is 0. The molecular formula is C11H7FN2O3. The lowest BCUT2D eigenvalue weighted by Crippen LogP contribution is -1.92. The van der Waals surface area contributed by atoms with Crippen LogP contribution in [0.4, 0.5) is 10.1 Å². The van der Waals surface area contributed by atoms with Crippen LogP contribution in [0.3, 0.4) is 0 Å². The number of nitrogens with zero attached hydrogens (tertiary/aromatic N) is 2. The van der Waals surface area contributed by atoms with Crippen LogP contribution in [0.15, 0.2) is 42.5 Å². The van der Waals surface area contributed by atoms with Crippen molar-refractivity contribution in [2.24, 2.45) is 0 Å². The maximum absolute atomic E-state index is 12.8. The number of halogens is 1. The highest BCUT2D eigenvalue weighted by molar-refractivity contribution is 5.39. The predicted octanol–water partition coefficient (Wildman–Crippen LogP) is 2.92. The van der Waals surface area contributed by atoms with Gasteiger partial charge in [0.2, 0.25) is 11.8 Å². The molecule has 0 unspecified atom stereocenters. The van der Waals surface area contributed by atoms with Gasteiger partial charge in [-0.2, -0.15) is 9.37 Å². The van der Waals surface area contributed by atoms with E-state index in [1.54, 1.807) is 0 Å². The minimum atomic E-state index is -0.673. The van der Waals surface area contributed by atoms with E-state index >= 15 is 0 Å². The molecule has 0 spiro atoms. The Morgan fingerprint density at radius 2 is 2.00 bits per heavy atom. The molecule has 0 saturated heterocycles. The average molecular weight is 234 g/mol. The van der Waals surface area contributed by atoms with Crippen LogP contribution in [0.25, 0.3) is 0 Å². The fourth-order valence-electron chi connectivity index (χ4n) is 1.23. The summed E-state index contributed by atoms with van der Waals surface area (Å²) in [4.78, 5) is 13.5. The van der Waals surface area contributed by atoms with Crippen LogP contribution >= 0.6 is 0 Å². The Morgan fingerprint density at radius 3 is 2.71 bits per heavy atom. The van der Waals surface area contributed by atoms with Crippen LogP contribution in [0.2, 0.25) is 0 Å². The Morgan fingerprint density at radius 1 is 1.24 bits per heavy atom. The van der Waals surface area contributed by atoms with Crippen molar-refractivity contribution >= 4 is 5.69 Å². The summed E-state index contributed by atoms with van der Waals surface area (Å²) in [7, 11) is 0. The molecule has 2 rings (SSSR count). The number of aromatic nitrogens is 1. The number of nitro benzene ring substituents is 1. The second-order valence-corrected chi connectivity index (χ2v) is 3.16. The van der Waals surface area contributed by atoms with Crippen LogP contribution in [-0.4, -0.2) is 9.91 Å². The van der Waals surface area contributed by atoms with Gasteiger partial charge in [0.05, 0.1) is 11.0 Å². The third-order valence-corrected chi connectivity index (χ3v) is 1.94. The van der Waals surface area contributed by atoms with Crippen molar-refractivity contribution in [3.05, 3.63) is 58.5 Å². The zero-order valence-corrected chi connectivity index (χ0v) is 8.54. The first kappa shape index (κ1) is 11.0. The van der Waals surface area contributed by atoms with Crippen molar-refractivity contribution in [2.75, 3.05) is 0 Å². The fraction of sp³-hybridized carbons (Fsp3) is 0. The standard InChI is InChI=1S/C11H7FN2O3/c12-10-5-2-6-11(13-10)17-9-4-1-3-8(7-9)14(15)16/h1-7H. The van der Waals surface area contributed by atoms with E-state index in [9.17, 15) is 14.5 Å². The largest absolute Gasteiger partial charge is 0.439 e. The topological polar surface area (TPSA) is 65.3 Å². The lowest BCUT2D eigenvalue weighted by atomic mass is 10.3. The Balaban J connectivity index is 2.24. The molecule has 1 aromatic carbocycles. The van der Waals surface area contributed by atoms with Crippen molar-refractivity contribution in [3.63, 3.8) is 0 Å². The Labute approximate surface area is 95.6 Å². The van der Waals surface area contributed by atoms with E-state index in [1.807, 2.05) is 0 Å². The van der Waals surface area contributed by atoms with Crippen molar-refractivity contribution in [1.29, 1.82) is 0 Å². The molecule has 5 nitrogen and oxygen atoms in total. The van der Waals surface area contributed by atoms with E-state index in [0.717, 1.165) is 0 Å². The monoisotopic (exact) mass is 234 g/mol. The van der Waals surface area contributed by atoms with Gasteiger partial charge in [-0.25, -0.2) is 0 Å². The van der Waals surface area contributed by atoms with Crippen LogP contribution < -0.4 is 4.74 Å². The summed E-state index contributed by atoms with van der Waals surface area (Å²) in [6.07, 6.45) is 0. The van der Waals surface area contributed by atoms with Crippen molar-refractivity contribution < 1.29 is 14.1 Å². The first-order chi connectivity index (χ1) is 8.15. The molecule has 0 atom stereocenters. The summed E-state index contributed by atoms with van der Waals surface area (Å²) in [5, 5.41) is 10.5. The van der Waals surface area contributed by atoms with Crippen molar-refractivity contribution in [1.82, 2.24) is 4.98 Å². The minimum absolute atomic E-state index is 0.0468. The van der Waals surface area contributed by atoms with Crippen LogP contribution in [0.1, 0.15) is 0 Å². The summed E-state index contributed by atoms with van der Waals surface area (Å²) in [5.41, 5.74) is -0.0982. The van der Waals surface area contributed by atoms with E-state index < -0.39 is 10.9 Å². The van der Waals surface area contributed by atoms with E-state index in [0.29, 0.717) is 0 Å². The minimum Gasteiger partial charge on any atom is -0.439 e. The lowest BCUT2D eigenvalue weighted by molar-refractivity contribution is -0.384. The quantitative estimate of drug-likeness (QED) is 0.465. The molecule has 86 valence electrons. The van der Waals surface area contributed by atoms with Crippen LogP contribution in [0, 0.1) is 16.1 Å². The molecule has 17 heavy (non-hydrogen) atoms. The SMILES string of the molecule is O=[N+]([O-])c1cccc(Oc2cccc(F)n2)c1. The summed E-state index contributed by atoms with van der Waals surface area (Å²) in [5.74, 6) is -0.393. The summed E-state index contributed by atoms with van der Waals surface area (Å²) in [6, 6.07) is 9.67. The fourth-order valence-corrected chi connectivity index (χ4v) is 1.23. The van der Waals surface area contributed by atoms with E-state index in [4.69, 9.17) is 4.74 Å². The first-order valence-electron chi connectivity index (χ1n) is 4.70. The highest BCUT2D eigenvalue weighted by Gasteiger charge is 2.07. The van der Waals surface area contributed by atoms with Gasteiger partial charge in [0, 0.05) is 12.1 Å². The number of nitro groups is 1. The van der Waals surface area contributed by atoms with Gasteiger partial charge in [-0.15, -0.1) is 0 Å². The highest BCUT2D eigenvalue weighted by Crippen LogP contribution is 2.23. The normalized spacial score (nSPS) is 9.94. The van der Waals surface area contributed by atoms with E-state index in [1.165, 1.54) is 42.5 Å². The number of non-ortho nitro benzene ring substituents is 1.